The fourth-order valence-electron chi connectivity index (χ4n) is 3.25. The fraction of sp³-hybridized carbons (Fsp3) is 0.263. The van der Waals surface area contributed by atoms with Crippen molar-refractivity contribution < 1.29 is 23.8 Å². The first-order valence-electron chi connectivity index (χ1n) is 9.02. The van der Waals surface area contributed by atoms with Gasteiger partial charge in [0.2, 0.25) is 0 Å². The number of H-pyrrole nitrogens is 1. The molecule has 0 aliphatic carbocycles. The van der Waals surface area contributed by atoms with Gasteiger partial charge in [0.05, 0.1) is 11.9 Å². The first-order chi connectivity index (χ1) is 14.2. The Hall–Kier alpha value is -3.24. The summed E-state index contributed by atoms with van der Waals surface area (Å²) < 4.78 is 18.3. The number of carbonyl (C=O) groups is 2. The number of nitrogens with one attached hydrogen (secondary N) is 2. The number of pyridine rings is 1. The highest BCUT2D eigenvalue weighted by Gasteiger charge is 2.49. The lowest BCUT2D eigenvalue weighted by Gasteiger charge is -2.22. The maximum Gasteiger partial charge on any atom is 0.410 e. The second-order valence-corrected chi connectivity index (χ2v) is 7.33. The molecular weight excluding hydrogens is 417 g/mol. The summed E-state index contributed by atoms with van der Waals surface area (Å²) >= 11 is 5.77. The highest BCUT2D eigenvalue weighted by atomic mass is 35.5. The molecule has 1 aromatic carbocycles. The Labute approximate surface area is 174 Å². The van der Waals surface area contributed by atoms with Crippen molar-refractivity contribution in [3.8, 4) is 0 Å². The molecule has 0 spiro atoms. The van der Waals surface area contributed by atoms with E-state index in [1.165, 1.54) is 23.2 Å². The van der Waals surface area contributed by atoms with Crippen molar-refractivity contribution in [3.05, 3.63) is 52.7 Å². The Morgan fingerprint density at radius 3 is 3.00 bits per heavy atom. The summed E-state index contributed by atoms with van der Waals surface area (Å²) in [7, 11) is 0. The minimum Gasteiger partial charge on any atom is -0.407 e. The van der Waals surface area contributed by atoms with Crippen LogP contribution in [0.25, 0.3) is 11.2 Å². The number of imidazole rings is 1. The van der Waals surface area contributed by atoms with E-state index >= 15 is 0 Å². The molecule has 4 rings (SSSR count). The summed E-state index contributed by atoms with van der Waals surface area (Å²) in [6, 6.07) is 5.46. The van der Waals surface area contributed by atoms with E-state index in [1.807, 2.05) is 0 Å². The second kappa shape index (κ2) is 7.54. The van der Waals surface area contributed by atoms with Gasteiger partial charge in [-0.15, -0.1) is 0 Å². The van der Waals surface area contributed by atoms with Gasteiger partial charge in [-0.1, -0.05) is 11.6 Å². The first kappa shape index (κ1) is 20.0. The molecular formula is C19H17ClFN5O4. The van der Waals surface area contributed by atoms with Crippen LogP contribution in [0.3, 0.4) is 0 Å². The van der Waals surface area contributed by atoms with E-state index < -0.39 is 23.6 Å². The molecule has 1 aliphatic heterocycles. The molecule has 3 N–H and O–H groups in total. The zero-order chi connectivity index (χ0) is 21.5. The smallest absolute Gasteiger partial charge is 0.407 e. The minimum absolute atomic E-state index is 0.0939. The topological polar surface area (TPSA) is 120 Å². The maximum atomic E-state index is 13.4. The highest BCUT2D eigenvalue weighted by Crippen LogP contribution is 2.30. The van der Waals surface area contributed by atoms with Crippen molar-refractivity contribution in [2.24, 2.45) is 0 Å². The van der Waals surface area contributed by atoms with Crippen LogP contribution in [0.5, 0.6) is 0 Å². The molecule has 0 saturated carbocycles. The molecule has 0 radical (unpaired) electrons. The summed E-state index contributed by atoms with van der Waals surface area (Å²) in [5.41, 5.74) is 1.97. The van der Waals surface area contributed by atoms with Crippen molar-refractivity contribution in [2.45, 2.75) is 25.7 Å². The number of anilines is 1. The summed E-state index contributed by atoms with van der Waals surface area (Å²) in [5.74, 6) is -2.98. The molecule has 1 saturated heterocycles. The number of ether oxygens (including phenoxy) is 1. The SMILES string of the molecule is Cc1nc2cc(N3CCC(O)(OC(=O)NCc4cc(F)cc(Cl)c4)C3=O)cnc2[nH]1. The molecule has 1 atom stereocenters. The van der Waals surface area contributed by atoms with Crippen LogP contribution in [-0.4, -0.2) is 44.4 Å². The van der Waals surface area contributed by atoms with Crippen molar-refractivity contribution in [1.82, 2.24) is 20.3 Å². The zero-order valence-corrected chi connectivity index (χ0v) is 16.5. The van der Waals surface area contributed by atoms with E-state index in [1.54, 1.807) is 13.0 Å². The number of amides is 2. The molecule has 0 bridgehead atoms. The number of nitrogens with zero attached hydrogens (tertiary/aromatic N) is 3. The van der Waals surface area contributed by atoms with Gasteiger partial charge in [0.1, 0.15) is 17.2 Å². The Morgan fingerprint density at radius 2 is 2.23 bits per heavy atom. The van der Waals surface area contributed by atoms with Crippen molar-refractivity contribution >= 4 is 40.5 Å². The van der Waals surface area contributed by atoms with Crippen LogP contribution in [-0.2, 0) is 16.1 Å². The number of aromatic amines is 1. The van der Waals surface area contributed by atoms with Crippen LogP contribution in [0.1, 0.15) is 17.8 Å². The number of halogens is 2. The lowest BCUT2D eigenvalue weighted by molar-refractivity contribution is -0.175. The van der Waals surface area contributed by atoms with Crippen LogP contribution in [0.15, 0.2) is 30.5 Å². The lowest BCUT2D eigenvalue weighted by Crippen LogP contribution is -2.46. The molecule has 2 amide bonds. The third-order valence-corrected chi connectivity index (χ3v) is 4.84. The van der Waals surface area contributed by atoms with Gasteiger partial charge < -0.3 is 25.0 Å². The number of aliphatic hydroxyl groups is 1. The van der Waals surface area contributed by atoms with Crippen LogP contribution in [0.4, 0.5) is 14.9 Å². The monoisotopic (exact) mass is 433 g/mol. The number of aromatic nitrogens is 3. The Morgan fingerprint density at radius 1 is 1.43 bits per heavy atom. The largest absolute Gasteiger partial charge is 0.410 e. The van der Waals surface area contributed by atoms with Crippen LogP contribution in [0.2, 0.25) is 5.02 Å². The average molecular weight is 434 g/mol. The average Bonchev–Trinajstić information content (AvgIpc) is 3.18. The van der Waals surface area contributed by atoms with Crippen molar-refractivity contribution in [3.63, 3.8) is 0 Å². The van der Waals surface area contributed by atoms with E-state index in [9.17, 15) is 19.1 Å². The second-order valence-electron chi connectivity index (χ2n) is 6.90. The molecule has 3 aromatic rings. The quantitative estimate of drug-likeness (QED) is 0.543. The van der Waals surface area contributed by atoms with Crippen LogP contribution >= 0.6 is 11.6 Å². The third kappa shape index (κ3) is 3.91. The van der Waals surface area contributed by atoms with Crippen LogP contribution < -0.4 is 10.2 Å². The van der Waals surface area contributed by atoms with Crippen molar-refractivity contribution in [2.75, 3.05) is 11.4 Å². The Kier molecular flexibility index (Phi) is 5.04. The van der Waals surface area contributed by atoms with Crippen LogP contribution in [0, 0.1) is 12.7 Å². The maximum absolute atomic E-state index is 13.4. The molecule has 1 fully saturated rings. The molecule has 11 heteroatoms. The number of alkyl carbamates (subject to hydrolysis) is 1. The van der Waals surface area contributed by atoms with E-state index in [4.69, 9.17) is 16.3 Å². The van der Waals surface area contributed by atoms with Gasteiger partial charge in [-0.2, -0.15) is 0 Å². The fourth-order valence-corrected chi connectivity index (χ4v) is 3.50. The predicted molar refractivity (Wildman–Crippen MR) is 105 cm³/mol. The molecule has 3 heterocycles. The van der Waals surface area contributed by atoms with Crippen molar-refractivity contribution in [1.29, 1.82) is 0 Å². The van der Waals surface area contributed by atoms with Gasteiger partial charge in [0.25, 0.3) is 11.7 Å². The van der Waals surface area contributed by atoms with E-state index in [0.717, 1.165) is 6.07 Å². The van der Waals surface area contributed by atoms with Gasteiger partial charge in [-0.25, -0.2) is 19.2 Å². The molecule has 156 valence electrons. The van der Waals surface area contributed by atoms with Gasteiger partial charge in [-0.3, -0.25) is 4.79 Å². The molecule has 2 aromatic heterocycles. The number of hydrogen-bond acceptors (Lipinski definition) is 6. The molecule has 9 nitrogen and oxygen atoms in total. The van der Waals surface area contributed by atoms with E-state index in [2.05, 4.69) is 20.3 Å². The predicted octanol–water partition coefficient (Wildman–Crippen LogP) is 2.41. The van der Waals surface area contributed by atoms with E-state index in [0.29, 0.717) is 28.2 Å². The van der Waals surface area contributed by atoms with Gasteiger partial charge in [0.15, 0.2) is 5.65 Å². The summed E-state index contributed by atoms with van der Waals surface area (Å²) in [6.45, 7) is 1.81. The number of carbonyl (C=O) groups excluding carboxylic acids is 2. The summed E-state index contributed by atoms with van der Waals surface area (Å²) in [6.07, 6.45) is 0.324. The lowest BCUT2D eigenvalue weighted by atomic mass is 10.2. The Balaban J connectivity index is 1.42. The van der Waals surface area contributed by atoms with Gasteiger partial charge >= 0.3 is 6.09 Å². The minimum atomic E-state index is -2.32. The molecule has 1 aliphatic rings. The first-order valence-corrected chi connectivity index (χ1v) is 9.40. The normalized spacial score (nSPS) is 18.8. The molecule has 1 unspecified atom stereocenters. The van der Waals surface area contributed by atoms with E-state index in [-0.39, 0.29) is 24.5 Å². The van der Waals surface area contributed by atoms with Gasteiger partial charge in [-0.05, 0) is 36.8 Å². The standard InChI is InChI=1S/C19H17ClFN5O4/c1-10-24-15-7-14(9-22-16(15)25-10)26-3-2-19(29,17(26)27)30-18(28)23-8-11-4-12(20)6-13(21)5-11/h4-7,9,29H,2-3,8H2,1H3,(H,23,28)(H,22,24,25). The summed E-state index contributed by atoms with van der Waals surface area (Å²) in [5, 5.41) is 13.1. The zero-order valence-electron chi connectivity index (χ0n) is 15.8. The highest BCUT2D eigenvalue weighted by molar-refractivity contribution is 6.30. The molecule has 30 heavy (non-hydrogen) atoms. The van der Waals surface area contributed by atoms with Gasteiger partial charge in [0, 0.05) is 24.5 Å². The number of hydrogen-bond donors (Lipinski definition) is 3. The summed E-state index contributed by atoms with van der Waals surface area (Å²) in [4.78, 5) is 37.5. The number of rotatable bonds is 4. The number of benzene rings is 1. The Bertz CT molecular complexity index is 1130. The number of aryl methyl sites for hydroxylation is 1. The number of fused-ring (bicyclic) bond motifs is 1. The third-order valence-electron chi connectivity index (χ3n) is 4.63.